The number of amides is 3. The molecule has 0 fully saturated rings. The van der Waals surface area contributed by atoms with Crippen LogP contribution in [0, 0.1) is 20.8 Å². The maximum atomic E-state index is 13.3. The van der Waals surface area contributed by atoms with E-state index < -0.39 is 16.1 Å². The summed E-state index contributed by atoms with van der Waals surface area (Å²) in [5.74, 6) is 0.0179. The first-order valence-corrected chi connectivity index (χ1v) is 14.4. The Hall–Kier alpha value is -4.11. The average Bonchev–Trinajstić information content (AvgIpc) is 3.21. The van der Waals surface area contributed by atoms with Gasteiger partial charge in [0.05, 0.1) is 10.4 Å². The molecule has 3 amide bonds. The highest BCUT2D eigenvalue weighted by Crippen LogP contribution is 2.35. The predicted molar refractivity (Wildman–Crippen MR) is 152 cm³/mol. The number of rotatable bonds is 6. The number of hydrogen-bond donors (Lipinski definition) is 2. The van der Waals surface area contributed by atoms with Gasteiger partial charge in [0.15, 0.2) is 0 Å². The first-order chi connectivity index (χ1) is 18.5. The number of carbonyl (C=O) groups is 2. The zero-order valence-electron chi connectivity index (χ0n) is 22.5. The van der Waals surface area contributed by atoms with Crippen molar-refractivity contribution in [2.24, 2.45) is 0 Å². The number of aryl methyl sites for hydroxylation is 3. The largest absolute Gasteiger partial charge is 0.340 e. The van der Waals surface area contributed by atoms with Crippen molar-refractivity contribution in [1.82, 2.24) is 19.5 Å². The van der Waals surface area contributed by atoms with Gasteiger partial charge in [-0.25, -0.2) is 17.9 Å². The Morgan fingerprint density at radius 3 is 2.33 bits per heavy atom. The maximum Gasteiger partial charge on any atom is 0.328 e. The minimum atomic E-state index is -3.94. The van der Waals surface area contributed by atoms with Gasteiger partial charge in [0.1, 0.15) is 5.69 Å². The number of fused-ring (bicyclic) bond motifs is 3. The van der Waals surface area contributed by atoms with E-state index in [1.165, 1.54) is 17.7 Å². The number of nitrogens with zero attached hydrogens (tertiary/aromatic N) is 2. The number of benzene rings is 3. The lowest BCUT2D eigenvalue weighted by molar-refractivity contribution is 0.0773. The van der Waals surface area contributed by atoms with Crippen molar-refractivity contribution in [3.63, 3.8) is 0 Å². The number of hydrogen-bond acceptors (Lipinski definition) is 4. The van der Waals surface area contributed by atoms with Gasteiger partial charge in [-0.15, -0.1) is 0 Å². The average molecular weight is 545 g/mol. The highest BCUT2D eigenvalue weighted by Gasteiger charge is 2.30. The summed E-state index contributed by atoms with van der Waals surface area (Å²) in [6.45, 7) is 6.98. The molecule has 202 valence electrons. The highest BCUT2D eigenvalue weighted by molar-refractivity contribution is 7.90. The molecule has 8 nitrogen and oxygen atoms in total. The van der Waals surface area contributed by atoms with Gasteiger partial charge in [-0.1, -0.05) is 35.9 Å². The normalized spacial score (nSPS) is 13.4. The fourth-order valence-electron chi connectivity index (χ4n) is 5.25. The molecule has 9 heteroatoms. The van der Waals surface area contributed by atoms with Crippen LogP contribution < -0.4 is 10.0 Å². The Morgan fingerprint density at radius 2 is 1.64 bits per heavy atom. The molecule has 0 bridgehead atoms. The summed E-state index contributed by atoms with van der Waals surface area (Å²) in [6.07, 6.45) is 1.33. The van der Waals surface area contributed by atoms with Gasteiger partial charge in [-0.2, -0.15) is 0 Å². The molecular formula is C30H32N4O4S. The van der Waals surface area contributed by atoms with Gasteiger partial charge in [0, 0.05) is 31.2 Å². The summed E-state index contributed by atoms with van der Waals surface area (Å²) in [7, 11) is -2.10. The molecule has 0 radical (unpaired) electrons. The van der Waals surface area contributed by atoms with Crippen LogP contribution in [0.3, 0.4) is 0 Å². The predicted octanol–water partition coefficient (Wildman–Crippen LogP) is 4.41. The molecule has 4 aromatic rings. The van der Waals surface area contributed by atoms with Crippen LogP contribution in [-0.2, 0) is 22.9 Å². The van der Waals surface area contributed by atoms with Crippen molar-refractivity contribution >= 4 is 32.9 Å². The van der Waals surface area contributed by atoms with E-state index in [2.05, 4.69) is 40.6 Å². The SMILES string of the molecule is Cc1ccc(S(=O)(=O)NC(=O)NCCc2ccc(-n3c4c(c5c(C)cc(C)cc53)CCN(C)C4=O)cc2)cc1. The van der Waals surface area contributed by atoms with E-state index in [-0.39, 0.29) is 17.3 Å². The van der Waals surface area contributed by atoms with E-state index in [0.717, 1.165) is 45.3 Å². The van der Waals surface area contributed by atoms with Gasteiger partial charge < -0.3 is 14.8 Å². The second-order valence-electron chi connectivity index (χ2n) is 10.2. The molecular weight excluding hydrogens is 512 g/mol. The first kappa shape index (κ1) is 26.5. The summed E-state index contributed by atoms with van der Waals surface area (Å²) in [5.41, 5.74) is 7.96. The molecule has 39 heavy (non-hydrogen) atoms. The number of aromatic nitrogens is 1. The van der Waals surface area contributed by atoms with Crippen LogP contribution in [0.4, 0.5) is 4.79 Å². The van der Waals surface area contributed by atoms with Crippen LogP contribution in [0.25, 0.3) is 16.6 Å². The van der Waals surface area contributed by atoms with Gasteiger partial charge >= 0.3 is 6.03 Å². The lowest BCUT2D eigenvalue weighted by Gasteiger charge is -2.24. The van der Waals surface area contributed by atoms with Gasteiger partial charge in [-0.05, 0) is 86.2 Å². The van der Waals surface area contributed by atoms with E-state index in [1.807, 2.05) is 38.2 Å². The lowest BCUT2D eigenvalue weighted by atomic mass is 9.99. The zero-order chi connectivity index (χ0) is 27.9. The quantitative estimate of drug-likeness (QED) is 0.375. The Bertz CT molecular complexity index is 1690. The number of nitrogens with one attached hydrogen (secondary N) is 2. The second-order valence-corrected chi connectivity index (χ2v) is 11.9. The standard InChI is InChI=1S/C30H32N4O4S/c1-19-5-11-24(12-6-19)39(37,38)32-30(36)31-15-13-22-7-9-23(10-8-22)34-26-18-20(2)17-21(3)27(26)25-14-16-33(4)29(35)28(25)34/h5-12,17-18H,13-16H2,1-4H3,(H2,31,32,36). The van der Waals surface area contributed by atoms with Crippen molar-refractivity contribution in [2.75, 3.05) is 20.1 Å². The van der Waals surface area contributed by atoms with Crippen molar-refractivity contribution in [1.29, 1.82) is 0 Å². The minimum Gasteiger partial charge on any atom is -0.340 e. The van der Waals surface area contributed by atoms with Crippen LogP contribution in [0.5, 0.6) is 0 Å². The van der Waals surface area contributed by atoms with Crippen molar-refractivity contribution in [3.8, 4) is 5.69 Å². The summed E-state index contributed by atoms with van der Waals surface area (Å²) >= 11 is 0. The van der Waals surface area contributed by atoms with Crippen LogP contribution >= 0.6 is 0 Å². The number of carbonyl (C=O) groups excluding carboxylic acids is 2. The highest BCUT2D eigenvalue weighted by atomic mass is 32.2. The summed E-state index contributed by atoms with van der Waals surface area (Å²) in [4.78, 5) is 27.3. The van der Waals surface area contributed by atoms with Crippen LogP contribution in [0.2, 0.25) is 0 Å². The molecule has 3 aromatic carbocycles. The molecule has 0 saturated heterocycles. The third-order valence-corrected chi connectivity index (χ3v) is 8.56. The minimum absolute atomic E-state index is 0.0179. The molecule has 0 unspecified atom stereocenters. The first-order valence-electron chi connectivity index (χ1n) is 12.9. The number of likely N-dealkylation sites (N-methyl/N-ethyl adjacent to an activating group) is 1. The van der Waals surface area contributed by atoms with Gasteiger partial charge in [-0.3, -0.25) is 4.79 Å². The molecule has 0 spiro atoms. The van der Waals surface area contributed by atoms with Crippen molar-refractivity contribution in [2.45, 2.75) is 38.5 Å². The lowest BCUT2D eigenvalue weighted by Crippen LogP contribution is -2.40. The Kier molecular flexibility index (Phi) is 6.94. The topological polar surface area (TPSA) is 101 Å². The fraction of sp³-hybridized carbons (Fsp3) is 0.267. The van der Waals surface area contributed by atoms with Crippen LogP contribution in [0.1, 0.15) is 38.3 Å². The Labute approximate surface area is 228 Å². The van der Waals surface area contributed by atoms with E-state index in [1.54, 1.807) is 17.0 Å². The monoisotopic (exact) mass is 544 g/mol. The second kappa shape index (κ2) is 10.2. The van der Waals surface area contributed by atoms with Crippen molar-refractivity contribution < 1.29 is 18.0 Å². The molecule has 2 N–H and O–H groups in total. The maximum absolute atomic E-state index is 13.3. The fourth-order valence-corrected chi connectivity index (χ4v) is 6.18. The number of sulfonamides is 1. The molecule has 5 rings (SSSR count). The van der Waals surface area contributed by atoms with E-state index in [4.69, 9.17) is 0 Å². The molecule has 1 aromatic heterocycles. The summed E-state index contributed by atoms with van der Waals surface area (Å²) in [6, 6.07) is 17.7. The molecule has 1 aliphatic heterocycles. The van der Waals surface area contributed by atoms with Gasteiger partial charge in [0.25, 0.3) is 15.9 Å². The molecule has 0 saturated carbocycles. The third-order valence-electron chi connectivity index (χ3n) is 7.21. The molecule has 2 heterocycles. The number of urea groups is 1. The molecule has 0 aliphatic carbocycles. The smallest absolute Gasteiger partial charge is 0.328 e. The third kappa shape index (κ3) is 5.14. The Balaban J connectivity index is 1.32. The van der Waals surface area contributed by atoms with Crippen LogP contribution in [-0.4, -0.2) is 50.0 Å². The van der Waals surface area contributed by atoms with E-state index in [9.17, 15) is 18.0 Å². The molecule has 1 aliphatic rings. The zero-order valence-corrected chi connectivity index (χ0v) is 23.4. The van der Waals surface area contributed by atoms with Crippen LogP contribution in [0.15, 0.2) is 65.6 Å². The summed E-state index contributed by atoms with van der Waals surface area (Å²) in [5, 5.41) is 3.76. The summed E-state index contributed by atoms with van der Waals surface area (Å²) < 4.78 is 28.9. The van der Waals surface area contributed by atoms with E-state index >= 15 is 0 Å². The molecule has 0 atom stereocenters. The van der Waals surface area contributed by atoms with E-state index in [0.29, 0.717) is 18.7 Å². The van der Waals surface area contributed by atoms with Gasteiger partial charge in [0.2, 0.25) is 0 Å². The Morgan fingerprint density at radius 1 is 0.949 bits per heavy atom. The van der Waals surface area contributed by atoms with Crippen molar-refractivity contribution in [3.05, 3.63) is 94.2 Å².